The van der Waals surface area contributed by atoms with Crippen molar-refractivity contribution < 1.29 is 13.2 Å². The lowest BCUT2D eigenvalue weighted by molar-refractivity contribution is -0.141. The predicted molar refractivity (Wildman–Crippen MR) is 69.2 cm³/mol. The number of aromatic nitrogens is 2. The summed E-state index contributed by atoms with van der Waals surface area (Å²) < 4.78 is 38.4. The summed E-state index contributed by atoms with van der Waals surface area (Å²) in [6, 6.07) is 5.94. The van der Waals surface area contributed by atoms with Crippen LogP contribution in [0.4, 0.5) is 19.1 Å². The molecule has 2 rings (SSSR count). The second-order valence-electron chi connectivity index (χ2n) is 3.77. The molecule has 0 bridgehead atoms. The van der Waals surface area contributed by atoms with Gasteiger partial charge in [-0.15, -0.1) is 11.3 Å². The van der Waals surface area contributed by atoms with E-state index in [2.05, 4.69) is 15.3 Å². The van der Waals surface area contributed by atoms with E-state index in [-0.39, 0.29) is 11.6 Å². The molecule has 0 saturated heterocycles. The Morgan fingerprint density at radius 2 is 2.10 bits per heavy atom. The van der Waals surface area contributed by atoms with E-state index in [1.807, 2.05) is 6.07 Å². The number of nitriles is 1. The minimum atomic E-state index is -4.54. The Kier molecular flexibility index (Phi) is 3.90. The van der Waals surface area contributed by atoms with Crippen LogP contribution < -0.4 is 5.32 Å². The highest BCUT2D eigenvalue weighted by Gasteiger charge is 2.33. The minimum absolute atomic E-state index is 0.0794. The summed E-state index contributed by atoms with van der Waals surface area (Å²) in [5.74, 6) is -0.0794. The van der Waals surface area contributed by atoms with E-state index in [0.29, 0.717) is 16.3 Å². The molecule has 1 N–H and O–H groups in total. The van der Waals surface area contributed by atoms with Gasteiger partial charge in [-0.05, 0) is 25.1 Å². The maximum atomic E-state index is 12.8. The van der Waals surface area contributed by atoms with Crippen LogP contribution in [0, 0.1) is 11.3 Å². The third kappa shape index (κ3) is 3.05. The summed E-state index contributed by atoms with van der Waals surface area (Å²) >= 11 is 1.09. The third-order valence-corrected chi connectivity index (χ3v) is 3.33. The van der Waals surface area contributed by atoms with Crippen molar-refractivity contribution in [2.24, 2.45) is 0 Å². The largest absolute Gasteiger partial charge is 0.433 e. The number of hydrogen-bond donors (Lipinski definition) is 1. The smallest absolute Gasteiger partial charge is 0.354 e. The molecule has 0 aliphatic carbocycles. The number of anilines is 1. The lowest BCUT2D eigenvalue weighted by Gasteiger charge is -2.10. The number of rotatable bonds is 3. The average Bonchev–Trinajstić information content (AvgIpc) is 2.86. The van der Waals surface area contributed by atoms with Crippen LogP contribution in [0.1, 0.15) is 17.5 Å². The zero-order valence-electron chi connectivity index (χ0n) is 10.3. The van der Waals surface area contributed by atoms with Crippen LogP contribution in [0.15, 0.2) is 18.2 Å². The standard InChI is InChI=1S/C12H9F3N4S/c1-2-17-11-18-8(5-10(19-11)12(13,14)15)9-4-3-7(6-16)20-9/h3-5H,2H2,1H3,(H,17,18,19). The Morgan fingerprint density at radius 3 is 2.65 bits per heavy atom. The van der Waals surface area contributed by atoms with Crippen molar-refractivity contribution >= 4 is 17.3 Å². The molecular weight excluding hydrogens is 289 g/mol. The quantitative estimate of drug-likeness (QED) is 0.941. The first-order valence-corrected chi connectivity index (χ1v) is 6.46. The minimum Gasteiger partial charge on any atom is -0.354 e. The highest BCUT2D eigenvalue weighted by Crippen LogP contribution is 2.33. The van der Waals surface area contributed by atoms with Crippen molar-refractivity contribution in [1.82, 2.24) is 9.97 Å². The summed E-state index contributed by atoms with van der Waals surface area (Å²) in [5.41, 5.74) is -0.861. The second-order valence-corrected chi connectivity index (χ2v) is 4.85. The zero-order chi connectivity index (χ0) is 14.8. The molecule has 0 fully saturated rings. The summed E-state index contributed by atoms with van der Waals surface area (Å²) in [6.45, 7) is 2.15. The lowest BCUT2D eigenvalue weighted by Crippen LogP contribution is -2.12. The monoisotopic (exact) mass is 298 g/mol. The fourth-order valence-electron chi connectivity index (χ4n) is 1.49. The van der Waals surface area contributed by atoms with Crippen LogP contribution in [0.5, 0.6) is 0 Å². The van der Waals surface area contributed by atoms with Crippen molar-refractivity contribution in [2.45, 2.75) is 13.1 Å². The zero-order valence-corrected chi connectivity index (χ0v) is 11.1. The van der Waals surface area contributed by atoms with Gasteiger partial charge < -0.3 is 5.32 Å². The van der Waals surface area contributed by atoms with Crippen molar-refractivity contribution in [3.05, 3.63) is 28.8 Å². The SMILES string of the molecule is CCNc1nc(-c2ccc(C#N)s2)cc(C(F)(F)F)n1. The fourth-order valence-corrected chi connectivity index (χ4v) is 2.26. The highest BCUT2D eigenvalue weighted by molar-refractivity contribution is 7.15. The molecule has 0 aliphatic rings. The van der Waals surface area contributed by atoms with Gasteiger partial charge in [-0.25, -0.2) is 9.97 Å². The van der Waals surface area contributed by atoms with Gasteiger partial charge in [0.1, 0.15) is 10.9 Å². The number of hydrogen-bond acceptors (Lipinski definition) is 5. The topological polar surface area (TPSA) is 61.6 Å². The first-order chi connectivity index (χ1) is 9.44. The Morgan fingerprint density at radius 1 is 1.35 bits per heavy atom. The molecule has 0 spiro atoms. The molecule has 0 aromatic carbocycles. The summed E-state index contributed by atoms with van der Waals surface area (Å²) in [5, 5.41) is 11.4. The van der Waals surface area contributed by atoms with Crippen LogP contribution >= 0.6 is 11.3 Å². The van der Waals surface area contributed by atoms with Gasteiger partial charge in [0.2, 0.25) is 5.95 Å². The number of nitrogens with one attached hydrogen (secondary N) is 1. The first kappa shape index (κ1) is 14.3. The van der Waals surface area contributed by atoms with Crippen LogP contribution in [0.2, 0.25) is 0 Å². The van der Waals surface area contributed by atoms with Gasteiger partial charge in [-0.2, -0.15) is 18.4 Å². The molecular formula is C12H9F3N4S. The van der Waals surface area contributed by atoms with Gasteiger partial charge >= 0.3 is 6.18 Å². The van der Waals surface area contributed by atoms with E-state index < -0.39 is 11.9 Å². The Hall–Kier alpha value is -2.14. The molecule has 0 saturated carbocycles. The highest BCUT2D eigenvalue weighted by atomic mass is 32.1. The summed E-state index contributed by atoms with van der Waals surface area (Å²) in [7, 11) is 0. The Labute approximate surface area is 116 Å². The van der Waals surface area contributed by atoms with E-state index in [1.165, 1.54) is 0 Å². The molecule has 0 unspecified atom stereocenters. The van der Waals surface area contributed by atoms with Crippen LogP contribution in [0.25, 0.3) is 10.6 Å². The molecule has 2 heterocycles. The molecule has 4 nitrogen and oxygen atoms in total. The fraction of sp³-hybridized carbons (Fsp3) is 0.250. The van der Waals surface area contributed by atoms with Crippen molar-refractivity contribution in [3.8, 4) is 16.6 Å². The number of thiophene rings is 1. The third-order valence-electron chi connectivity index (χ3n) is 2.32. The predicted octanol–water partition coefficient (Wildman–Crippen LogP) is 3.53. The molecule has 0 amide bonds. The van der Waals surface area contributed by atoms with E-state index in [0.717, 1.165) is 17.4 Å². The maximum absolute atomic E-state index is 12.8. The molecule has 20 heavy (non-hydrogen) atoms. The van der Waals surface area contributed by atoms with E-state index >= 15 is 0 Å². The van der Waals surface area contributed by atoms with Gasteiger partial charge in [0, 0.05) is 6.54 Å². The number of nitrogens with zero attached hydrogens (tertiary/aromatic N) is 3. The van der Waals surface area contributed by atoms with Crippen LogP contribution in [-0.2, 0) is 6.18 Å². The lowest BCUT2D eigenvalue weighted by atomic mass is 10.2. The summed E-state index contributed by atoms with van der Waals surface area (Å²) in [6.07, 6.45) is -4.54. The first-order valence-electron chi connectivity index (χ1n) is 5.64. The Balaban J connectivity index is 2.52. The normalized spacial score (nSPS) is 11.2. The molecule has 0 aliphatic heterocycles. The van der Waals surface area contributed by atoms with Gasteiger partial charge in [0.15, 0.2) is 5.69 Å². The molecule has 104 valence electrons. The number of alkyl halides is 3. The second kappa shape index (κ2) is 5.46. The number of halogens is 3. The van der Waals surface area contributed by atoms with Crippen molar-refractivity contribution in [1.29, 1.82) is 5.26 Å². The van der Waals surface area contributed by atoms with Crippen LogP contribution in [-0.4, -0.2) is 16.5 Å². The van der Waals surface area contributed by atoms with E-state index in [4.69, 9.17) is 5.26 Å². The van der Waals surface area contributed by atoms with Gasteiger partial charge in [-0.1, -0.05) is 0 Å². The average molecular weight is 298 g/mol. The van der Waals surface area contributed by atoms with E-state index in [9.17, 15) is 13.2 Å². The van der Waals surface area contributed by atoms with Crippen LogP contribution in [0.3, 0.4) is 0 Å². The van der Waals surface area contributed by atoms with Gasteiger partial charge in [-0.3, -0.25) is 0 Å². The van der Waals surface area contributed by atoms with Crippen molar-refractivity contribution in [2.75, 3.05) is 11.9 Å². The molecule has 2 aromatic rings. The molecule has 8 heteroatoms. The van der Waals surface area contributed by atoms with Gasteiger partial charge in [0.05, 0.1) is 10.6 Å². The van der Waals surface area contributed by atoms with E-state index in [1.54, 1.807) is 19.1 Å². The molecule has 0 atom stereocenters. The maximum Gasteiger partial charge on any atom is 0.433 e. The van der Waals surface area contributed by atoms with Crippen molar-refractivity contribution in [3.63, 3.8) is 0 Å². The van der Waals surface area contributed by atoms with Gasteiger partial charge in [0.25, 0.3) is 0 Å². The Bertz CT molecular complexity index is 657. The molecule has 0 radical (unpaired) electrons. The summed E-state index contributed by atoms with van der Waals surface area (Å²) in [4.78, 5) is 8.38. The molecule has 2 aromatic heterocycles.